The molecule has 0 radical (unpaired) electrons. The van der Waals surface area contributed by atoms with Crippen molar-refractivity contribution in [3.05, 3.63) is 28.6 Å². The van der Waals surface area contributed by atoms with Crippen LogP contribution in [0.15, 0.2) is 10.8 Å². The maximum atomic E-state index is 6.06. The molecule has 1 aromatic heterocycles. The van der Waals surface area contributed by atoms with E-state index in [0.717, 1.165) is 11.1 Å². The molecule has 1 saturated heterocycles. The minimum atomic E-state index is 0.0376. The summed E-state index contributed by atoms with van der Waals surface area (Å²) in [4.78, 5) is 4.56. The highest BCUT2D eigenvalue weighted by molar-refractivity contribution is 5.84. The molecule has 3 nitrogen and oxygen atoms in total. The summed E-state index contributed by atoms with van der Waals surface area (Å²) >= 11 is 0. The van der Waals surface area contributed by atoms with Gasteiger partial charge in [0, 0.05) is 11.5 Å². The molecule has 2 aromatic rings. The van der Waals surface area contributed by atoms with Crippen molar-refractivity contribution < 1.29 is 9.15 Å². The van der Waals surface area contributed by atoms with Gasteiger partial charge in [0.25, 0.3) is 0 Å². The summed E-state index contributed by atoms with van der Waals surface area (Å²) in [5.74, 6) is 1.81. The first-order chi connectivity index (χ1) is 11.0. The van der Waals surface area contributed by atoms with Crippen LogP contribution in [0.5, 0.6) is 0 Å². The molecule has 3 heteroatoms. The van der Waals surface area contributed by atoms with Gasteiger partial charge >= 0.3 is 0 Å². The zero-order valence-corrected chi connectivity index (χ0v) is 14.5. The first-order valence-electron chi connectivity index (χ1n) is 9.06. The third-order valence-electron chi connectivity index (χ3n) is 6.62. The van der Waals surface area contributed by atoms with Crippen LogP contribution in [-0.2, 0) is 4.74 Å². The maximum Gasteiger partial charge on any atom is 0.182 e. The fourth-order valence-electron chi connectivity index (χ4n) is 5.42. The van der Waals surface area contributed by atoms with Crippen LogP contribution in [-0.4, -0.2) is 16.7 Å². The van der Waals surface area contributed by atoms with Crippen molar-refractivity contribution in [1.29, 1.82) is 0 Å². The summed E-state index contributed by atoms with van der Waals surface area (Å²) in [7, 11) is 0. The average Bonchev–Trinajstić information content (AvgIpc) is 2.95. The number of ether oxygens (including phenoxy) is 1. The molecule has 4 unspecified atom stereocenters. The smallest absolute Gasteiger partial charge is 0.182 e. The lowest BCUT2D eigenvalue weighted by atomic mass is 9.64. The molecule has 0 N–H and O–H groups in total. The van der Waals surface area contributed by atoms with Crippen LogP contribution in [0.2, 0.25) is 0 Å². The largest absolute Gasteiger partial charge is 0.443 e. The third kappa shape index (κ3) is 1.77. The predicted molar refractivity (Wildman–Crippen MR) is 90.1 cm³/mol. The van der Waals surface area contributed by atoms with Crippen molar-refractivity contribution in [2.75, 3.05) is 0 Å². The third-order valence-corrected chi connectivity index (χ3v) is 6.62. The highest BCUT2D eigenvalue weighted by Gasteiger charge is 2.55. The van der Waals surface area contributed by atoms with Crippen LogP contribution in [0.1, 0.15) is 86.5 Å². The van der Waals surface area contributed by atoms with E-state index in [2.05, 4.69) is 32.7 Å². The lowest BCUT2D eigenvalue weighted by Gasteiger charge is -2.39. The van der Waals surface area contributed by atoms with Gasteiger partial charge in [-0.15, -0.1) is 0 Å². The highest BCUT2D eigenvalue weighted by Crippen LogP contribution is 2.57. The Bertz CT molecular complexity index is 804. The van der Waals surface area contributed by atoms with Crippen LogP contribution in [0.3, 0.4) is 0 Å². The van der Waals surface area contributed by atoms with Crippen LogP contribution in [0.4, 0.5) is 0 Å². The summed E-state index contributed by atoms with van der Waals surface area (Å²) in [5.41, 5.74) is 8.12. The molecule has 0 amide bonds. The van der Waals surface area contributed by atoms with Crippen LogP contribution >= 0.6 is 0 Å². The Morgan fingerprint density at radius 1 is 1.09 bits per heavy atom. The Hall–Kier alpha value is -1.35. The van der Waals surface area contributed by atoms with Crippen molar-refractivity contribution in [2.24, 2.45) is 0 Å². The molecule has 0 bridgehead atoms. The SMILES string of the molecule is Cc1c2c3c(c4ocnc14)C(C)CCC3CCC2C1OC1(C)C. The van der Waals surface area contributed by atoms with Gasteiger partial charge in [-0.05, 0) is 75.0 Å². The van der Waals surface area contributed by atoms with Crippen molar-refractivity contribution >= 4 is 11.1 Å². The Morgan fingerprint density at radius 2 is 1.83 bits per heavy atom. The molecule has 1 aromatic carbocycles. The topological polar surface area (TPSA) is 38.6 Å². The first-order valence-corrected chi connectivity index (χ1v) is 9.06. The minimum Gasteiger partial charge on any atom is -0.443 e. The van der Waals surface area contributed by atoms with Crippen LogP contribution < -0.4 is 0 Å². The van der Waals surface area contributed by atoms with E-state index in [0.29, 0.717) is 23.9 Å². The predicted octanol–water partition coefficient (Wildman–Crippen LogP) is 5.17. The van der Waals surface area contributed by atoms with Gasteiger partial charge in [-0.25, -0.2) is 4.98 Å². The number of hydrogen-bond donors (Lipinski definition) is 0. The van der Waals surface area contributed by atoms with E-state index in [4.69, 9.17) is 9.15 Å². The summed E-state index contributed by atoms with van der Waals surface area (Å²) in [6.07, 6.45) is 7.14. The molecular formula is C20H25NO2. The van der Waals surface area contributed by atoms with Gasteiger partial charge in [0.1, 0.15) is 5.52 Å². The molecule has 3 aliphatic rings. The number of hydrogen-bond acceptors (Lipinski definition) is 3. The molecule has 2 aliphatic carbocycles. The molecule has 122 valence electrons. The van der Waals surface area contributed by atoms with Crippen molar-refractivity contribution in [1.82, 2.24) is 4.98 Å². The molecule has 4 atom stereocenters. The number of aromatic nitrogens is 1. The number of fused-ring (bicyclic) bond motifs is 2. The summed E-state index contributed by atoms with van der Waals surface area (Å²) in [5, 5.41) is 0. The second kappa shape index (κ2) is 4.38. The Labute approximate surface area is 137 Å². The lowest BCUT2D eigenvalue weighted by molar-refractivity contribution is 0.298. The average molecular weight is 311 g/mol. The molecule has 0 saturated carbocycles. The second-order valence-corrected chi connectivity index (χ2v) is 8.40. The number of oxazole rings is 1. The van der Waals surface area contributed by atoms with E-state index < -0.39 is 0 Å². The number of benzene rings is 1. The number of epoxide rings is 1. The zero-order chi connectivity index (χ0) is 15.9. The quantitative estimate of drug-likeness (QED) is 0.682. The molecule has 2 heterocycles. The molecule has 0 spiro atoms. The first kappa shape index (κ1) is 14.0. The molecule has 23 heavy (non-hydrogen) atoms. The van der Waals surface area contributed by atoms with Gasteiger partial charge in [-0.1, -0.05) is 6.92 Å². The monoisotopic (exact) mass is 311 g/mol. The van der Waals surface area contributed by atoms with Crippen LogP contribution in [0.25, 0.3) is 11.1 Å². The van der Waals surface area contributed by atoms with Crippen molar-refractivity contribution in [3.63, 3.8) is 0 Å². The molecular weight excluding hydrogens is 286 g/mol. The van der Waals surface area contributed by atoms with Crippen LogP contribution in [0, 0.1) is 6.92 Å². The summed E-state index contributed by atoms with van der Waals surface area (Å²) in [6.45, 7) is 9.04. The minimum absolute atomic E-state index is 0.0376. The Balaban J connectivity index is 1.81. The normalized spacial score (nSPS) is 34.4. The standard InChI is InChI=1S/C20H25NO2/c1-10-5-6-12-7-8-13(19-20(3,4)23-19)15-11(2)17-18(22-9-21-17)14(10)16(12)15/h9-10,12-13,19H,5-8H2,1-4H3. The fourth-order valence-corrected chi connectivity index (χ4v) is 5.42. The Kier molecular flexibility index (Phi) is 2.67. The van der Waals surface area contributed by atoms with E-state index in [1.165, 1.54) is 36.8 Å². The number of nitrogens with zero attached hydrogens (tertiary/aromatic N) is 1. The van der Waals surface area contributed by atoms with Gasteiger partial charge in [0.05, 0.1) is 11.7 Å². The lowest BCUT2D eigenvalue weighted by Crippen LogP contribution is -2.27. The second-order valence-electron chi connectivity index (χ2n) is 8.40. The zero-order valence-electron chi connectivity index (χ0n) is 14.5. The van der Waals surface area contributed by atoms with E-state index >= 15 is 0 Å². The molecule has 1 aliphatic heterocycles. The van der Waals surface area contributed by atoms with Gasteiger partial charge < -0.3 is 9.15 Å². The molecule has 5 rings (SSSR count). The summed E-state index contributed by atoms with van der Waals surface area (Å²) < 4.78 is 11.9. The number of aryl methyl sites for hydroxylation is 1. The van der Waals surface area contributed by atoms with Crippen molar-refractivity contribution in [3.8, 4) is 0 Å². The van der Waals surface area contributed by atoms with Gasteiger partial charge in [-0.2, -0.15) is 0 Å². The fraction of sp³-hybridized carbons (Fsp3) is 0.650. The van der Waals surface area contributed by atoms with Crippen molar-refractivity contribution in [2.45, 2.75) is 82.8 Å². The van der Waals surface area contributed by atoms with E-state index in [-0.39, 0.29) is 5.60 Å². The summed E-state index contributed by atoms with van der Waals surface area (Å²) in [6, 6.07) is 0. The van der Waals surface area contributed by atoms with Gasteiger partial charge in [0.15, 0.2) is 12.0 Å². The Morgan fingerprint density at radius 3 is 2.57 bits per heavy atom. The maximum absolute atomic E-state index is 6.06. The highest BCUT2D eigenvalue weighted by atomic mass is 16.6. The van der Waals surface area contributed by atoms with E-state index in [1.807, 2.05) is 0 Å². The van der Waals surface area contributed by atoms with Gasteiger partial charge in [0.2, 0.25) is 0 Å². The van der Waals surface area contributed by atoms with E-state index in [9.17, 15) is 0 Å². The molecule has 1 fully saturated rings. The van der Waals surface area contributed by atoms with Gasteiger partial charge in [-0.3, -0.25) is 0 Å². The van der Waals surface area contributed by atoms with E-state index in [1.54, 1.807) is 17.5 Å². The number of rotatable bonds is 1.